The Kier molecular flexibility index (Phi) is 6.90. The summed E-state index contributed by atoms with van der Waals surface area (Å²) in [5, 5.41) is 3.39. The molecule has 0 amide bonds. The average Bonchev–Trinajstić information content (AvgIpc) is 2.42. The van der Waals surface area contributed by atoms with Crippen molar-refractivity contribution in [1.82, 2.24) is 9.29 Å². The summed E-state index contributed by atoms with van der Waals surface area (Å²) in [6.45, 7) is 9.48. The number of halogens is 1. The van der Waals surface area contributed by atoms with Gasteiger partial charge in [-0.15, -0.1) is 0 Å². The first kappa shape index (κ1) is 18.2. The molecular formula is C14H24ClN3O2S. The lowest BCUT2D eigenvalue weighted by atomic mass is 10.2. The molecule has 0 unspecified atom stereocenters. The molecule has 1 aromatic heterocycles. The van der Waals surface area contributed by atoms with E-state index >= 15 is 0 Å². The number of pyridine rings is 1. The SMILES string of the molecule is CCCNc1ncc(S(=O)(=O)N(CC)CC(C)C)cc1Cl. The van der Waals surface area contributed by atoms with Crippen molar-refractivity contribution in [3.8, 4) is 0 Å². The maximum absolute atomic E-state index is 12.6. The Morgan fingerprint density at radius 3 is 2.52 bits per heavy atom. The van der Waals surface area contributed by atoms with Crippen molar-refractivity contribution in [1.29, 1.82) is 0 Å². The van der Waals surface area contributed by atoms with Gasteiger partial charge in [-0.2, -0.15) is 4.31 Å². The van der Waals surface area contributed by atoms with Gasteiger partial charge in [-0.25, -0.2) is 13.4 Å². The molecule has 0 bridgehead atoms. The van der Waals surface area contributed by atoms with Gasteiger partial charge >= 0.3 is 0 Å². The van der Waals surface area contributed by atoms with E-state index in [9.17, 15) is 8.42 Å². The average molecular weight is 334 g/mol. The van der Waals surface area contributed by atoms with Gasteiger partial charge in [0.15, 0.2) is 0 Å². The van der Waals surface area contributed by atoms with E-state index in [4.69, 9.17) is 11.6 Å². The largest absolute Gasteiger partial charge is 0.369 e. The normalized spacial score (nSPS) is 12.1. The van der Waals surface area contributed by atoms with E-state index in [0.29, 0.717) is 23.9 Å². The molecule has 1 rings (SSSR count). The molecule has 0 aliphatic carbocycles. The molecule has 0 atom stereocenters. The Hall–Kier alpha value is -0.850. The van der Waals surface area contributed by atoms with E-state index in [1.807, 2.05) is 27.7 Å². The molecule has 0 aliphatic rings. The maximum atomic E-state index is 12.6. The Balaban J connectivity index is 3.05. The number of nitrogens with one attached hydrogen (secondary N) is 1. The predicted molar refractivity (Wildman–Crippen MR) is 87.3 cm³/mol. The van der Waals surface area contributed by atoms with Crippen LogP contribution in [0.5, 0.6) is 0 Å². The van der Waals surface area contributed by atoms with Crippen LogP contribution < -0.4 is 5.32 Å². The molecule has 120 valence electrons. The van der Waals surface area contributed by atoms with Crippen molar-refractivity contribution in [3.05, 3.63) is 17.3 Å². The maximum Gasteiger partial charge on any atom is 0.244 e. The second kappa shape index (κ2) is 7.96. The Bertz CT molecular complexity index is 561. The Morgan fingerprint density at radius 1 is 1.38 bits per heavy atom. The van der Waals surface area contributed by atoms with Crippen LogP contribution in [0.15, 0.2) is 17.2 Å². The number of anilines is 1. The predicted octanol–water partition coefficient (Wildman–Crippen LogP) is 3.22. The smallest absolute Gasteiger partial charge is 0.244 e. The molecule has 1 heterocycles. The van der Waals surface area contributed by atoms with Gasteiger partial charge in [0.1, 0.15) is 10.7 Å². The second-order valence-electron chi connectivity index (χ2n) is 5.28. The molecule has 0 aromatic carbocycles. The zero-order chi connectivity index (χ0) is 16.0. The summed E-state index contributed by atoms with van der Waals surface area (Å²) in [4.78, 5) is 4.27. The van der Waals surface area contributed by atoms with Crippen LogP contribution >= 0.6 is 11.6 Å². The third-order valence-electron chi connectivity index (χ3n) is 2.92. The summed E-state index contributed by atoms with van der Waals surface area (Å²) in [7, 11) is -3.55. The number of nitrogens with zero attached hydrogens (tertiary/aromatic N) is 2. The fourth-order valence-electron chi connectivity index (χ4n) is 1.89. The summed E-state index contributed by atoms with van der Waals surface area (Å²) in [5.74, 6) is 0.776. The molecule has 0 saturated heterocycles. The van der Waals surface area contributed by atoms with Gasteiger partial charge in [-0.1, -0.05) is 39.3 Å². The lowest BCUT2D eigenvalue weighted by Crippen LogP contribution is -2.34. The quantitative estimate of drug-likeness (QED) is 0.793. The minimum atomic E-state index is -3.55. The van der Waals surface area contributed by atoms with Gasteiger partial charge < -0.3 is 5.32 Å². The van der Waals surface area contributed by atoms with Crippen molar-refractivity contribution >= 4 is 27.4 Å². The Morgan fingerprint density at radius 2 is 2.05 bits per heavy atom. The molecular weight excluding hydrogens is 310 g/mol. The number of hydrogen-bond donors (Lipinski definition) is 1. The number of hydrogen-bond acceptors (Lipinski definition) is 4. The lowest BCUT2D eigenvalue weighted by Gasteiger charge is -2.22. The van der Waals surface area contributed by atoms with Crippen molar-refractivity contribution in [2.24, 2.45) is 5.92 Å². The minimum absolute atomic E-state index is 0.136. The molecule has 1 aromatic rings. The van der Waals surface area contributed by atoms with Crippen LogP contribution in [0.2, 0.25) is 5.02 Å². The molecule has 0 fully saturated rings. The third kappa shape index (κ3) is 4.83. The highest BCUT2D eigenvalue weighted by Crippen LogP contribution is 2.24. The highest BCUT2D eigenvalue weighted by atomic mass is 35.5. The van der Waals surface area contributed by atoms with Crippen LogP contribution in [0.3, 0.4) is 0 Å². The first-order valence-corrected chi connectivity index (χ1v) is 9.04. The Labute approximate surface area is 132 Å². The van der Waals surface area contributed by atoms with E-state index < -0.39 is 10.0 Å². The number of aromatic nitrogens is 1. The van der Waals surface area contributed by atoms with Crippen LogP contribution in [0.1, 0.15) is 34.1 Å². The molecule has 0 saturated carbocycles. The first-order chi connectivity index (χ1) is 9.82. The summed E-state index contributed by atoms with van der Waals surface area (Å²) >= 11 is 6.12. The fraction of sp³-hybridized carbons (Fsp3) is 0.643. The van der Waals surface area contributed by atoms with Gasteiger partial charge in [0.05, 0.1) is 5.02 Å². The van der Waals surface area contributed by atoms with Crippen molar-refractivity contribution < 1.29 is 8.42 Å². The molecule has 7 heteroatoms. The monoisotopic (exact) mass is 333 g/mol. The van der Waals surface area contributed by atoms with Crippen molar-refractivity contribution in [2.75, 3.05) is 25.0 Å². The summed E-state index contributed by atoms with van der Waals surface area (Å²) in [6, 6.07) is 1.46. The van der Waals surface area contributed by atoms with Gasteiger partial charge in [0.25, 0.3) is 0 Å². The molecule has 0 aliphatic heterocycles. The molecule has 0 spiro atoms. The summed E-state index contributed by atoms with van der Waals surface area (Å²) < 4.78 is 26.6. The van der Waals surface area contributed by atoms with E-state index in [1.165, 1.54) is 16.6 Å². The van der Waals surface area contributed by atoms with Crippen LogP contribution in [0, 0.1) is 5.92 Å². The van der Waals surface area contributed by atoms with Crippen LogP contribution in [0.25, 0.3) is 0 Å². The zero-order valence-corrected chi connectivity index (χ0v) is 14.6. The first-order valence-electron chi connectivity index (χ1n) is 7.22. The summed E-state index contributed by atoms with van der Waals surface area (Å²) in [5.41, 5.74) is 0. The van der Waals surface area contributed by atoms with E-state index in [0.717, 1.165) is 13.0 Å². The van der Waals surface area contributed by atoms with Crippen molar-refractivity contribution in [2.45, 2.75) is 39.0 Å². The minimum Gasteiger partial charge on any atom is -0.369 e. The third-order valence-corrected chi connectivity index (χ3v) is 5.11. The van der Waals surface area contributed by atoms with Gasteiger partial charge in [0.2, 0.25) is 10.0 Å². The molecule has 1 N–H and O–H groups in total. The van der Waals surface area contributed by atoms with Crippen LogP contribution in [0.4, 0.5) is 5.82 Å². The fourth-order valence-corrected chi connectivity index (χ4v) is 3.77. The van der Waals surface area contributed by atoms with E-state index in [1.54, 1.807) is 0 Å². The topological polar surface area (TPSA) is 62.3 Å². The number of rotatable bonds is 8. The standard InChI is InChI=1S/C14H24ClN3O2S/c1-5-7-16-14-13(15)8-12(9-17-14)21(19,20)18(6-2)10-11(3)4/h8-9,11H,5-7,10H2,1-4H3,(H,16,17). The molecule has 0 radical (unpaired) electrons. The van der Waals surface area contributed by atoms with Gasteiger partial charge in [-0.3, -0.25) is 0 Å². The van der Waals surface area contributed by atoms with E-state index in [-0.39, 0.29) is 10.8 Å². The lowest BCUT2D eigenvalue weighted by molar-refractivity contribution is 0.381. The molecule has 5 nitrogen and oxygen atoms in total. The van der Waals surface area contributed by atoms with Crippen molar-refractivity contribution in [3.63, 3.8) is 0 Å². The summed E-state index contributed by atoms with van der Waals surface area (Å²) in [6.07, 6.45) is 2.30. The van der Waals surface area contributed by atoms with Crippen LogP contribution in [-0.4, -0.2) is 37.3 Å². The second-order valence-corrected chi connectivity index (χ2v) is 7.62. The molecule has 21 heavy (non-hydrogen) atoms. The van der Waals surface area contributed by atoms with Gasteiger partial charge in [-0.05, 0) is 18.4 Å². The highest BCUT2D eigenvalue weighted by Gasteiger charge is 2.24. The van der Waals surface area contributed by atoms with Gasteiger partial charge in [0, 0.05) is 25.8 Å². The van der Waals surface area contributed by atoms with E-state index in [2.05, 4.69) is 10.3 Å². The highest BCUT2D eigenvalue weighted by molar-refractivity contribution is 7.89. The zero-order valence-electron chi connectivity index (χ0n) is 13.1. The van der Waals surface area contributed by atoms with Crippen LogP contribution in [-0.2, 0) is 10.0 Å². The number of sulfonamides is 1.